The number of ether oxygens (including phenoxy) is 1. The molecule has 114 valence electrons. The van der Waals surface area contributed by atoms with E-state index < -0.39 is 0 Å². The van der Waals surface area contributed by atoms with E-state index in [2.05, 4.69) is 5.32 Å². The van der Waals surface area contributed by atoms with Crippen LogP contribution >= 0.6 is 0 Å². The molecule has 1 amide bonds. The van der Waals surface area contributed by atoms with Gasteiger partial charge in [-0.25, -0.2) is 4.39 Å². The molecule has 1 aliphatic rings. The van der Waals surface area contributed by atoms with Gasteiger partial charge < -0.3 is 10.1 Å². The zero-order chi connectivity index (χ0) is 15.5. The summed E-state index contributed by atoms with van der Waals surface area (Å²) in [7, 11) is 1.90. The molecular formula is C17H17FN2O2. The monoisotopic (exact) mass is 300 g/mol. The minimum Gasteiger partial charge on any atom is -0.489 e. The first-order chi connectivity index (χ1) is 10.6. The first kappa shape index (κ1) is 14.5. The fraction of sp³-hybridized carbons (Fsp3) is 0.235. The molecule has 1 unspecified atom stereocenters. The number of nitrogens with zero attached hydrogens (tertiary/aromatic N) is 1. The molecule has 3 rings (SSSR count). The summed E-state index contributed by atoms with van der Waals surface area (Å²) in [6, 6.07) is 13.9. The van der Waals surface area contributed by atoms with Crippen molar-refractivity contribution in [3.63, 3.8) is 0 Å². The standard InChI is InChI=1S/C17H17FN2O2/c1-20-10-16(21)19-17(20)13-4-8-15(9-5-13)22-11-12-2-6-14(18)7-3-12/h2-9,17H,10-11H2,1H3,(H,19,21). The van der Waals surface area contributed by atoms with E-state index in [9.17, 15) is 9.18 Å². The van der Waals surface area contributed by atoms with E-state index in [1.54, 1.807) is 12.1 Å². The Balaban J connectivity index is 1.62. The third kappa shape index (κ3) is 3.26. The molecule has 1 heterocycles. The van der Waals surface area contributed by atoms with Gasteiger partial charge in [-0.2, -0.15) is 0 Å². The van der Waals surface area contributed by atoms with E-state index in [4.69, 9.17) is 4.74 Å². The fourth-order valence-corrected chi connectivity index (χ4v) is 2.46. The van der Waals surface area contributed by atoms with Gasteiger partial charge in [-0.1, -0.05) is 24.3 Å². The zero-order valence-electron chi connectivity index (χ0n) is 12.3. The second-order valence-electron chi connectivity index (χ2n) is 5.37. The van der Waals surface area contributed by atoms with Crippen LogP contribution in [-0.4, -0.2) is 24.4 Å². The first-order valence-electron chi connectivity index (χ1n) is 7.08. The number of hydrogen-bond acceptors (Lipinski definition) is 3. The fourth-order valence-electron chi connectivity index (χ4n) is 2.46. The lowest BCUT2D eigenvalue weighted by molar-refractivity contribution is -0.118. The van der Waals surface area contributed by atoms with Crippen molar-refractivity contribution < 1.29 is 13.9 Å². The summed E-state index contributed by atoms with van der Waals surface area (Å²) in [5, 5.41) is 2.91. The van der Waals surface area contributed by atoms with Crippen molar-refractivity contribution in [3.05, 3.63) is 65.5 Å². The smallest absolute Gasteiger partial charge is 0.235 e. The van der Waals surface area contributed by atoms with E-state index in [1.165, 1.54) is 12.1 Å². The molecule has 4 nitrogen and oxygen atoms in total. The van der Waals surface area contributed by atoms with Gasteiger partial charge in [-0.15, -0.1) is 0 Å². The lowest BCUT2D eigenvalue weighted by Crippen LogP contribution is -2.24. The van der Waals surface area contributed by atoms with Crippen LogP contribution in [0.5, 0.6) is 5.75 Å². The number of halogens is 1. The van der Waals surface area contributed by atoms with Gasteiger partial charge in [0.1, 0.15) is 24.3 Å². The molecule has 0 bridgehead atoms. The molecule has 2 aromatic carbocycles. The molecule has 0 radical (unpaired) electrons. The molecule has 1 N–H and O–H groups in total. The highest BCUT2D eigenvalue weighted by molar-refractivity contribution is 5.80. The van der Waals surface area contributed by atoms with Crippen molar-refractivity contribution in [2.24, 2.45) is 0 Å². The topological polar surface area (TPSA) is 41.6 Å². The van der Waals surface area contributed by atoms with Gasteiger partial charge in [0.05, 0.1) is 6.54 Å². The number of likely N-dealkylation sites (N-methyl/N-ethyl adjacent to an activating group) is 1. The van der Waals surface area contributed by atoms with E-state index in [1.807, 2.05) is 36.2 Å². The summed E-state index contributed by atoms with van der Waals surface area (Å²) in [5.41, 5.74) is 1.93. The molecule has 0 aliphatic carbocycles. The van der Waals surface area contributed by atoms with Crippen molar-refractivity contribution in [2.45, 2.75) is 12.8 Å². The predicted molar refractivity (Wildman–Crippen MR) is 80.7 cm³/mol. The molecule has 22 heavy (non-hydrogen) atoms. The second kappa shape index (κ2) is 6.15. The normalized spacial score (nSPS) is 18.3. The van der Waals surface area contributed by atoms with Gasteiger partial charge in [0.2, 0.25) is 5.91 Å². The van der Waals surface area contributed by atoms with Crippen LogP contribution in [0.2, 0.25) is 0 Å². The molecule has 1 atom stereocenters. The Kier molecular flexibility index (Phi) is 4.06. The number of rotatable bonds is 4. The van der Waals surface area contributed by atoms with Crippen molar-refractivity contribution in [3.8, 4) is 5.75 Å². The minimum absolute atomic E-state index is 0.0316. The molecule has 0 spiro atoms. The summed E-state index contributed by atoms with van der Waals surface area (Å²) in [6.07, 6.45) is -0.0846. The van der Waals surface area contributed by atoms with Crippen molar-refractivity contribution in [2.75, 3.05) is 13.6 Å². The summed E-state index contributed by atoms with van der Waals surface area (Å²) in [5.74, 6) is 0.514. The summed E-state index contributed by atoms with van der Waals surface area (Å²) < 4.78 is 18.5. The Morgan fingerprint density at radius 3 is 2.45 bits per heavy atom. The van der Waals surface area contributed by atoms with Gasteiger partial charge in [0.15, 0.2) is 0 Å². The van der Waals surface area contributed by atoms with Crippen molar-refractivity contribution in [1.82, 2.24) is 10.2 Å². The van der Waals surface area contributed by atoms with E-state index in [-0.39, 0.29) is 17.9 Å². The molecular weight excluding hydrogens is 283 g/mol. The van der Waals surface area contributed by atoms with Crippen LogP contribution in [0.3, 0.4) is 0 Å². The third-order valence-electron chi connectivity index (χ3n) is 3.65. The maximum Gasteiger partial charge on any atom is 0.235 e. The van der Waals surface area contributed by atoms with E-state index >= 15 is 0 Å². The lowest BCUT2D eigenvalue weighted by Gasteiger charge is -2.18. The maximum absolute atomic E-state index is 12.8. The first-order valence-corrected chi connectivity index (χ1v) is 7.08. The van der Waals surface area contributed by atoms with Gasteiger partial charge in [-0.3, -0.25) is 9.69 Å². The minimum atomic E-state index is -0.254. The largest absolute Gasteiger partial charge is 0.489 e. The van der Waals surface area contributed by atoms with Crippen LogP contribution < -0.4 is 10.1 Å². The average Bonchev–Trinajstić information content (AvgIpc) is 2.86. The number of nitrogens with one attached hydrogen (secondary N) is 1. The van der Waals surface area contributed by atoms with E-state index in [0.29, 0.717) is 13.2 Å². The molecule has 1 saturated heterocycles. The Morgan fingerprint density at radius 2 is 1.86 bits per heavy atom. The van der Waals surface area contributed by atoms with Gasteiger partial charge in [0.25, 0.3) is 0 Å². The average molecular weight is 300 g/mol. The summed E-state index contributed by atoms with van der Waals surface area (Å²) >= 11 is 0. The van der Waals surface area contributed by atoms with Crippen molar-refractivity contribution >= 4 is 5.91 Å². The zero-order valence-corrected chi connectivity index (χ0v) is 12.3. The Labute approximate surface area is 128 Å². The molecule has 0 aromatic heterocycles. The lowest BCUT2D eigenvalue weighted by atomic mass is 10.1. The predicted octanol–water partition coefficient (Wildman–Crippen LogP) is 2.46. The molecule has 0 saturated carbocycles. The molecule has 1 fully saturated rings. The Morgan fingerprint density at radius 1 is 1.18 bits per heavy atom. The third-order valence-corrected chi connectivity index (χ3v) is 3.65. The quantitative estimate of drug-likeness (QED) is 0.943. The van der Waals surface area contributed by atoms with Crippen LogP contribution in [0.15, 0.2) is 48.5 Å². The second-order valence-corrected chi connectivity index (χ2v) is 5.37. The summed E-state index contributed by atoms with van der Waals surface area (Å²) in [6.45, 7) is 0.799. The Hall–Kier alpha value is -2.40. The highest BCUT2D eigenvalue weighted by Gasteiger charge is 2.27. The van der Waals surface area contributed by atoms with Gasteiger partial charge >= 0.3 is 0 Å². The van der Waals surface area contributed by atoms with Gasteiger partial charge in [0, 0.05) is 0 Å². The highest BCUT2D eigenvalue weighted by Crippen LogP contribution is 2.23. The van der Waals surface area contributed by atoms with Crippen LogP contribution in [-0.2, 0) is 11.4 Å². The number of carbonyl (C=O) groups is 1. The Bertz CT molecular complexity index is 655. The van der Waals surface area contributed by atoms with Crippen LogP contribution in [0.1, 0.15) is 17.3 Å². The summed E-state index contributed by atoms with van der Waals surface area (Å²) in [4.78, 5) is 13.3. The SMILES string of the molecule is CN1CC(=O)NC1c1ccc(OCc2ccc(F)cc2)cc1. The molecule has 5 heteroatoms. The number of carbonyl (C=O) groups excluding carboxylic acids is 1. The number of hydrogen-bond donors (Lipinski definition) is 1. The molecule has 2 aromatic rings. The van der Waals surface area contributed by atoms with Crippen LogP contribution in [0, 0.1) is 5.82 Å². The maximum atomic E-state index is 12.8. The van der Waals surface area contributed by atoms with Crippen LogP contribution in [0.4, 0.5) is 4.39 Å². The highest BCUT2D eigenvalue weighted by atomic mass is 19.1. The van der Waals surface area contributed by atoms with Crippen molar-refractivity contribution in [1.29, 1.82) is 0 Å². The van der Waals surface area contributed by atoms with E-state index in [0.717, 1.165) is 16.9 Å². The molecule has 1 aliphatic heterocycles. The number of benzene rings is 2. The van der Waals surface area contributed by atoms with Gasteiger partial charge in [-0.05, 0) is 42.4 Å². The van der Waals surface area contributed by atoms with Crippen LogP contribution in [0.25, 0.3) is 0 Å². The number of amides is 1.